The zero-order valence-electron chi connectivity index (χ0n) is 13.1. The van der Waals surface area contributed by atoms with Gasteiger partial charge in [0, 0.05) is 43.0 Å². The molecule has 0 aliphatic carbocycles. The first kappa shape index (κ1) is 14.5. The average Bonchev–Trinajstić information content (AvgIpc) is 3.30. The Hall–Kier alpha value is -2.84. The molecule has 0 saturated heterocycles. The molecule has 0 bridgehead atoms. The summed E-state index contributed by atoms with van der Waals surface area (Å²) in [6, 6.07) is 3.84. The normalized spacial score (nSPS) is 13.9. The fourth-order valence-electron chi connectivity index (χ4n) is 3.10. The SMILES string of the molecule is O=c1[nH]c2c(cc1-c1noc(-c3cncc4sccc34)n1)CNCC2. The van der Waals surface area contributed by atoms with E-state index in [1.165, 1.54) is 0 Å². The van der Waals surface area contributed by atoms with Crippen molar-refractivity contribution in [1.29, 1.82) is 0 Å². The van der Waals surface area contributed by atoms with Crippen molar-refractivity contribution < 1.29 is 4.52 Å². The molecular weight excluding hydrogens is 338 g/mol. The second-order valence-corrected chi connectivity index (χ2v) is 6.83. The van der Waals surface area contributed by atoms with Gasteiger partial charge in [-0.05, 0) is 23.1 Å². The quantitative estimate of drug-likeness (QED) is 0.575. The van der Waals surface area contributed by atoms with Gasteiger partial charge in [0.1, 0.15) is 0 Å². The van der Waals surface area contributed by atoms with E-state index >= 15 is 0 Å². The van der Waals surface area contributed by atoms with E-state index in [1.54, 1.807) is 17.5 Å². The average molecular weight is 351 g/mol. The molecule has 2 N–H and O–H groups in total. The van der Waals surface area contributed by atoms with Gasteiger partial charge in [-0.1, -0.05) is 5.16 Å². The Morgan fingerprint density at radius 3 is 3.16 bits per heavy atom. The highest BCUT2D eigenvalue weighted by atomic mass is 32.1. The van der Waals surface area contributed by atoms with Crippen LogP contribution in [0.25, 0.3) is 32.9 Å². The van der Waals surface area contributed by atoms with Crippen LogP contribution in [0.15, 0.2) is 39.2 Å². The third-order valence-corrected chi connectivity index (χ3v) is 5.21. The van der Waals surface area contributed by atoms with E-state index in [-0.39, 0.29) is 11.4 Å². The van der Waals surface area contributed by atoms with Crippen molar-refractivity contribution in [3.05, 3.63) is 51.5 Å². The summed E-state index contributed by atoms with van der Waals surface area (Å²) in [5, 5.41) is 10.3. The lowest BCUT2D eigenvalue weighted by molar-refractivity contribution is 0.432. The summed E-state index contributed by atoms with van der Waals surface area (Å²) in [5.74, 6) is 0.651. The first-order chi connectivity index (χ1) is 12.3. The molecule has 0 radical (unpaired) electrons. The number of thiophene rings is 1. The maximum atomic E-state index is 12.4. The number of pyridine rings is 2. The number of aromatic nitrogens is 4. The smallest absolute Gasteiger partial charge is 0.260 e. The number of fused-ring (bicyclic) bond motifs is 2. The van der Waals surface area contributed by atoms with Crippen molar-refractivity contribution >= 4 is 21.4 Å². The van der Waals surface area contributed by atoms with Crippen LogP contribution in [-0.4, -0.2) is 26.7 Å². The lowest BCUT2D eigenvalue weighted by atomic mass is 10.0. The van der Waals surface area contributed by atoms with Gasteiger partial charge in [-0.25, -0.2) is 0 Å². The topological polar surface area (TPSA) is 96.7 Å². The molecule has 4 aromatic heterocycles. The molecule has 0 unspecified atom stereocenters. The Labute approximate surface area is 145 Å². The highest BCUT2D eigenvalue weighted by Gasteiger charge is 2.19. The minimum absolute atomic E-state index is 0.195. The van der Waals surface area contributed by atoms with Gasteiger partial charge in [0.2, 0.25) is 5.82 Å². The van der Waals surface area contributed by atoms with Crippen molar-refractivity contribution in [1.82, 2.24) is 25.4 Å². The summed E-state index contributed by atoms with van der Waals surface area (Å²) in [5.41, 5.74) is 3.04. The molecule has 1 aliphatic rings. The van der Waals surface area contributed by atoms with E-state index < -0.39 is 0 Å². The molecular formula is C17H13N5O2S. The lowest BCUT2D eigenvalue weighted by Gasteiger charge is -2.16. The highest BCUT2D eigenvalue weighted by molar-refractivity contribution is 7.17. The van der Waals surface area contributed by atoms with E-state index in [0.717, 1.165) is 46.4 Å². The number of rotatable bonds is 2. The van der Waals surface area contributed by atoms with Crippen LogP contribution in [-0.2, 0) is 13.0 Å². The number of H-pyrrole nitrogens is 1. The largest absolute Gasteiger partial charge is 0.334 e. The molecule has 0 fully saturated rings. The molecule has 4 aromatic rings. The monoisotopic (exact) mass is 351 g/mol. The van der Waals surface area contributed by atoms with Gasteiger partial charge < -0.3 is 14.8 Å². The predicted molar refractivity (Wildman–Crippen MR) is 94.4 cm³/mol. The van der Waals surface area contributed by atoms with Gasteiger partial charge in [0.05, 0.1) is 15.8 Å². The van der Waals surface area contributed by atoms with Crippen LogP contribution in [0.1, 0.15) is 11.3 Å². The van der Waals surface area contributed by atoms with Crippen LogP contribution in [0.3, 0.4) is 0 Å². The molecule has 0 spiro atoms. The summed E-state index contributed by atoms with van der Waals surface area (Å²) < 4.78 is 6.47. The maximum Gasteiger partial charge on any atom is 0.260 e. The van der Waals surface area contributed by atoms with Gasteiger partial charge in [0.25, 0.3) is 11.4 Å². The molecule has 124 valence electrons. The third-order valence-electron chi connectivity index (χ3n) is 4.36. The predicted octanol–water partition coefficient (Wildman–Crippen LogP) is 2.35. The van der Waals surface area contributed by atoms with Crippen LogP contribution in [0, 0.1) is 0 Å². The van der Waals surface area contributed by atoms with E-state index in [2.05, 4.69) is 25.4 Å². The second-order valence-electron chi connectivity index (χ2n) is 5.89. The first-order valence-corrected chi connectivity index (χ1v) is 8.79. The summed E-state index contributed by atoms with van der Waals surface area (Å²) in [6.07, 6.45) is 4.32. The summed E-state index contributed by atoms with van der Waals surface area (Å²) >= 11 is 1.60. The lowest BCUT2D eigenvalue weighted by Crippen LogP contribution is -2.27. The van der Waals surface area contributed by atoms with Crippen molar-refractivity contribution in [3.8, 4) is 22.8 Å². The second kappa shape index (κ2) is 5.61. The van der Waals surface area contributed by atoms with Crippen LogP contribution < -0.4 is 10.9 Å². The van der Waals surface area contributed by atoms with Crippen LogP contribution in [0.4, 0.5) is 0 Å². The van der Waals surface area contributed by atoms with Crippen LogP contribution >= 0.6 is 11.3 Å². The molecule has 5 heterocycles. The third kappa shape index (κ3) is 2.38. The van der Waals surface area contributed by atoms with E-state index in [4.69, 9.17) is 4.52 Å². The fraction of sp³-hybridized carbons (Fsp3) is 0.176. The Morgan fingerprint density at radius 1 is 1.24 bits per heavy atom. The number of hydrogen-bond acceptors (Lipinski definition) is 7. The van der Waals surface area contributed by atoms with E-state index in [0.29, 0.717) is 11.5 Å². The minimum Gasteiger partial charge on any atom is -0.334 e. The molecule has 5 rings (SSSR count). The number of nitrogens with one attached hydrogen (secondary N) is 2. The standard InChI is InChI=1S/C17H13N5O2S/c23-16-11(5-9-6-18-3-1-13(9)20-16)15-21-17(24-22-15)12-7-19-8-14-10(12)2-4-25-14/h2,4-5,7-8,18H,1,3,6H2,(H,20,23). The Morgan fingerprint density at radius 2 is 2.20 bits per heavy atom. The van der Waals surface area contributed by atoms with Crippen LogP contribution in [0.5, 0.6) is 0 Å². The Balaban J connectivity index is 1.61. The number of aromatic amines is 1. The maximum absolute atomic E-state index is 12.4. The zero-order chi connectivity index (χ0) is 16.8. The molecule has 0 aromatic carbocycles. The zero-order valence-corrected chi connectivity index (χ0v) is 13.9. The van der Waals surface area contributed by atoms with Crippen molar-refractivity contribution in [2.45, 2.75) is 13.0 Å². The minimum atomic E-state index is -0.195. The van der Waals surface area contributed by atoms with Gasteiger partial charge in [-0.15, -0.1) is 11.3 Å². The van der Waals surface area contributed by atoms with E-state index in [9.17, 15) is 4.79 Å². The first-order valence-electron chi connectivity index (χ1n) is 7.91. The molecule has 8 heteroatoms. The van der Waals surface area contributed by atoms with Gasteiger partial charge in [-0.3, -0.25) is 9.78 Å². The molecule has 7 nitrogen and oxygen atoms in total. The van der Waals surface area contributed by atoms with Crippen molar-refractivity contribution in [2.75, 3.05) is 6.54 Å². The molecule has 1 aliphatic heterocycles. The van der Waals surface area contributed by atoms with Gasteiger partial charge in [0.15, 0.2) is 0 Å². The Kier molecular flexibility index (Phi) is 3.25. The molecule has 25 heavy (non-hydrogen) atoms. The summed E-state index contributed by atoms with van der Waals surface area (Å²) in [7, 11) is 0. The van der Waals surface area contributed by atoms with Crippen molar-refractivity contribution in [2.24, 2.45) is 0 Å². The van der Waals surface area contributed by atoms with E-state index in [1.807, 2.05) is 23.7 Å². The van der Waals surface area contributed by atoms with Gasteiger partial charge in [-0.2, -0.15) is 4.98 Å². The van der Waals surface area contributed by atoms with Crippen molar-refractivity contribution in [3.63, 3.8) is 0 Å². The van der Waals surface area contributed by atoms with Crippen LogP contribution in [0.2, 0.25) is 0 Å². The molecule has 0 atom stereocenters. The molecule has 0 amide bonds. The molecule has 0 saturated carbocycles. The Bertz CT molecular complexity index is 1140. The fourth-order valence-corrected chi connectivity index (χ4v) is 3.88. The summed E-state index contributed by atoms with van der Waals surface area (Å²) in [4.78, 5) is 24.0. The summed E-state index contributed by atoms with van der Waals surface area (Å²) in [6.45, 7) is 1.59. The number of hydrogen-bond donors (Lipinski definition) is 2. The number of nitrogens with zero attached hydrogens (tertiary/aromatic N) is 3. The van der Waals surface area contributed by atoms with Gasteiger partial charge >= 0.3 is 0 Å². The highest BCUT2D eigenvalue weighted by Crippen LogP contribution is 2.30.